The monoisotopic (exact) mass is 440 g/mol. The van der Waals surface area contributed by atoms with Crippen molar-refractivity contribution in [3.05, 3.63) is 29.8 Å². The molecule has 0 radical (unpaired) electrons. The fourth-order valence-corrected chi connectivity index (χ4v) is 4.17. The van der Waals surface area contributed by atoms with Gasteiger partial charge in [0.15, 0.2) is 0 Å². The molecular formula is C21H32N2O6S. The van der Waals surface area contributed by atoms with Crippen LogP contribution in [-0.2, 0) is 24.3 Å². The number of carbonyl (C=O) groups is 2. The van der Waals surface area contributed by atoms with Crippen LogP contribution in [0.2, 0.25) is 0 Å². The van der Waals surface area contributed by atoms with E-state index in [0.717, 1.165) is 12.8 Å². The molecule has 0 saturated carbocycles. The van der Waals surface area contributed by atoms with Gasteiger partial charge in [-0.3, -0.25) is 9.59 Å². The fourth-order valence-electron chi connectivity index (χ4n) is 3.06. The summed E-state index contributed by atoms with van der Waals surface area (Å²) in [7, 11) is -2.12. The van der Waals surface area contributed by atoms with Crippen LogP contribution in [0.1, 0.15) is 56.8 Å². The Labute approximate surface area is 179 Å². The number of hydrogen-bond donors (Lipinski definition) is 1. The third-order valence-corrected chi connectivity index (χ3v) is 5.98. The molecule has 1 saturated heterocycles. The second kappa shape index (κ2) is 10.4. The molecule has 1 aliphatic heterocycles. The standard InChI is InChI=1S/C21H32N2O6S/c1-21(2,3)29-19(24)11-6-12-23(4)20(25)16-8-5-10-18(14-16)30(26,27)22-15-17-9-7-13-28-17/h5,8,10,14,17,22H,6-7,9,11-13,15H2,1-4H3. The van der Waals surface area contributed by atoms with Crippen molar-refractivity contribution in [2.75, 3.05) is 26.7 Å². The van der Waals surface area contributed by atoms with Gasteiger partial charge in [0.05, 0.1) is 11.0 Å². The van der Waals surface area contributed by atoms with Gasteiger partial charge in [0.2, 0.25) is 10.0 Å². The van der Waals surface area contributed by atoms with Crippen LogP contribution in [-0.4, -0.2) is 63.6 Å². The molecule has 1 amide bonds. The Morgan fingerprint density at radius 2 is 2.03 bits per heavy atom. The van der Waals surface area contributed by atoms with Gasteiger partial charge in [0.1, 0.15) is 5.60 Å². The van der Waals surface area contributed by atoms with E-state index in [9.17, 15) is 18.0 Å². The van der Waals surface area contributed by atoms with Crippen LogP contribution >= 0.6 is 0 Å². The van der Waals surface area contributed by atoms with Crippen LogP contribution in [0.5, 0.6) is 0 Å². The second-order valence-corrected chi connectivity index (χ2v) is 10.2. The Morgan fingerprint density at radius 3 is 2.67 bits per heavy atom. The molecule has 1 unspecified atom stereocenters. The van der Waals surface area contributed by atoms with Crippen molar-refractivity contribution in [3.63, 3.8) is 0 Å². The Morgan fingerprint density at radius 1 is 1.30 bits per heavy atom. The lowest BCUT2D eigenvalue weighted by atomic mass is 10.2. The summed E-state index contributed by atoms with van der Waals surface area (Å²) in [5.41, 5.74) is -0.266. The lowest BCUT2D eigenvalue weighted by molar-refractivity contribution is -0.154. The summed E-state index contributed by atoms with van der Waals surface area (Å²) < 4.78 is 38.3. The summed E-state index contributed by atoms with van der Waals surface area (Å²) in [6.45, 7) is 6.62. The zero-order chi connectivity index (χ0) is 22.4. The van der Waals surface area contributed by atoms with Gasteiger partial charge >= 0.3 is 5.97 Å². The van der Waals surface area contributed by atoms with Crippen molar-refractivity contribution in [3.8, 4) is 0 Å². The van der Waals surface area contributed by atoms with Crippen molar-refractivity contribution in [2.24, 2.45) is 0 Å². The Kier molecular flexibility index (Phi) is 8.40. The number of sulfonamides is 1. The number of rotatable bonds is 9. The van der Waals surface area contributed by atoms with E-state index >= 15 is 0 Å². The van der Waals surface area contributed by atoms with E-state index < -0.39 is 15.6 Å². The lowest BCUT2D eigenvalue weighted by Gasteiger charge is -2.20. The average molecular weight is 441 g/mol. The quantitative estimate of drug-likeness (QED) is 0.592. The van der Waals surface area contributed by atoms with E-state index in [1.165, 1.54) is 17.0 Å². The lowest BCUT2D eigenvalue weighted by Crippen LogP contribution is -2.32. The van der Waals surface area contributed by atoms with E-state index in [-0.39, 0.29) is 41.4 Å². The zero-order valence-electron chi connectivity index (χ0n) is 18.1. The first-order valence-corrected chi connectivity index (χ1v) is 11.6. The van der Waals surface area contributed by atoms with Crippen LogP contribution in [0.25, 0.3) is 0 Å². The number of amides is 1. The highest BCUT2D eigenvalue weighted by Crippen LogP contribution is 2.16. The molecule has 1 fully saturated rings. The minimum atomic E-state index is -3.74. The molecule has 0 aliphatic carbocycles. The van der Waals surface area contributed by atoms with Gasteiger partial charge in [-0.25, -0.2) is 13.1 Å². The van der Waals surface area contributed by atoms with Gasteiger partial charge in [0.25, 0.3) is 5.91 Å². The molecular weight excluding hydrogens is 408 g/mol. The maximum atomic E-state index is 12.7. The number of nitrogens with zero attached hydrogens (tertiary/aromatic N) is 1. The summed E-state index contributed by atoms with van der Waals surface area (Å²) in [5, 5.41) is 0. The number of ether oxygens (including phenoxy) is 2. The molecule has 1 aromatic carbocycles. The highest BCUT2D eigenvalue weighted by atomic mass is 32.2. The van der Waals surface area contributed by atoms with Crippen molar-refractivity contribution < 1.29 is 27.5 Å². The van der Waals surface area contributed by atoms with Gasteiger partial charge in [-0.1, -0.05) is 6.07 Å². The van der Waals surface area contributed by atoms with Crippen LogP contribution in [0.3, 0.4) is 0 Å². The molecule has 2 rings (SSSR count). The molecule has 1 atom stereocenters. The van der Waals surface area contributed by atoms with Crippen LogP contribution < -0.4 is 4.72 Å². The van der Waals surface area contributed by atoms with Crippen LogP contribution in [0.15, 0.2) is 29.2 Å². The van der Waals surface area contributed by atoms with Crippen LogP contribution in [0, 0.1) is 0 Å². The summed E-state index contributed by atoms with van der Waals surface area (Å²) in [5.74, 6) is -0.621. The van der Waals surface area contributed by atoms with Gasteiger partial charge in [-0.05, 0) is 58.2 Å². The van der Waals surface area contributed by atoms with Gasteiger partial charge in [-0.2, -0.15) is 0 Å². The van der Waals surface area contributed by atoms with Crippen molar-refractivity contribution >= 4 is 21.9 Å². The molecule has 1 aromatic rings. The predicted molar refractivity (Wildman–Crippen MR) is 113 cm³/mol. The van der Waals surface area contributed by atoms with E-state index in [1.54, 1.807) is 40.0 Å². The fraction of sp³-hybridized carbons (Fsp3) is 0.619. The number of nitrogens with one attached hydrogen (secondary N) is 1. The summed E-state index contributed by atoms with van der Waals surface area (Å²) in [4.78, 5) is 26.0. The van der Waals surface area contributed by atoms with Crippen molar-refractivity contribution in [1.82, 2.24) is 9.62 Å². The average Bonchev–Trinajstić information content (AvgIpc) is 3.18. The van der Waals surface area contributed by atoms with E-state index in [2.05, 4.69) is 4.72 Å². The third-order valence-electron chi connectivity index (χ3n) is 4.56. The minimum absolute atomic E-state index is 0.0356. The topological polar surface area (TPSA) is 102 Å². The largest absolute Gasteiger partial charge is 0.460 e. The first-order valence-electron chi connectivity index (χ1n) is 10.2. The van der Waals surface area contributed by atoms with E-state index in [0.29, 0.717) is 19.6 Å². The summed E-state index contributed by atoms with van der Waals surface area (Å²) >= 11 is 0. The minimum Gasteiger partial charge on any atom is -0.460 e. The van der Waals surface area contributed by atoms with Crippen molar-refractivity contribution in [1.29, 1.82) is 0 Å². The number of carbonyl (C=O) groups excluding carboxylic acids is 2. The SMILES string of the molecule is CN(CCCC(=O)OC(C)(C)C)C(=O)c1cccc(S(=O)(=O)NCC2CCCO2)c1. The summed E-state index contributed by atoms with van der Waals surface area (Å²) in [6, 6.07) is 5.94. The van der Waals surface area contributed by atoms with Crippen molar-refractivity contribution in [2.45, 2.75) is 63.1 Å². The Hall–Kier alpha value is -1.97. The smallest absolute Gasteiger partial charge is 0.306 e. The zero-order valence-corrected chi connectivity index (χ0v) is 19.0. The van der Waals surface area contributed by atoms with Gasteiger partial charge < -0.3 is 14.4 Å². The molecule has 9 heteroatoms. The molecule has 168 valence electrons. The molecule has 1 heterocycles. The first kappa shape index (κ1) is 24.3. The molecule has 0 aromatic heterocycles. The Bertz CT molecular complexity index is 841. The van der Waals surface area contributed by atoms with Gasteiger partial charge in [-0.15, -0.1) is 0 Å². The highest BCUT2D eigenvalue weighted by molar-refractivity contribution is 7.89. The summed E-state index contributed by atoms with van der Waals surface area (Å²) in [6.07, 6.45) is 2.31. The van der Waals surface area contributed by atoms with Crippen LogP contribution in [0.4, 0.5) is 0 Å². The molecule has 0 spiro atoms. The highest BCUT2D eigenvalue weighted by Gasteiger charge is 2.22. The second-order valence-electron chi connectivity index (χ2n) is 8.43. The molecule has 0 bridgehead atoms. The molecule has 8 nitrogen and oxygen atoms in total. The maximum Gasteiger partial charge on any atom is 0.306 e. The Balaban J connectivity index is 1.91. The number of benzene rings is 1. The van der Waals surface area contributed by atoms with Gasteiger partial charge in [0, 0.05) is 38.7 Å². The molecule has 1 N–H and O–H groups in total. The van der Waals surface area contributed by atoms with E-state index in [1.807, 2.05) is 0 Å². The third kappa shape index (κ3) is 7.70. The number of hydrogen-bond acceptors (Lipinski definition) is 6. The first-order chi connectivity index (χ1) is 14.0. The normalized spacial score (nSPS) is 17.0. The molecule has 30 heavy (non-hydrogen) atoms. The van der Waals surface area contributed by atoms with E-state index in [4.69, 9.17) is 9.47 Å². The maximum absolute atomic E-state index is 12.7. The molecule has 1 aliphatic rings. The predicted octanol–water partition coefficient (Wildman–Crippen LogP) is 2.34. The number of esters is 1.